The van der Waals surface area contributed by atoms with Crippen LogP contribution in [0.5, 0.6) is 0 Å². The van der Waals surface area contributed by atoms with Crippen LogP contribution in [-0.4, -0.2) is 24.3 Å². The number of esters is 1. The number of aliphatic hydroxyl groups excluding tert-OH is 1. The third-order valence-electron chi connectivity index (χ3n) is 2.27. The predicted molar refractivity (Wildman–Crippen MR) is 61.9 cm³/mol. The molecule has 0 aliphatic rings. The molecule has 0 aromatic heterocycles. The van der Waals surface area contributed by atoms with E-state index in [1.165, 1.54) is 7.11 Å². The van der Waals surface area contributed by atoms with Gasteiger partial charge in [-0.3, -0.25) is 0 Å². The van der Waals surface area contributed by atoms with E-state index in [4.69, 9.17) is 0 Å². The van der Waals surface area contributed by atoms with Gasteiger partial charge in [0.05, 0.1) is 13.2 Å². The minimum absolute atomic E-state index is 0.238. The van der Waals surface area contributed by atoms with Crippen LogP contribution in [0.3, 0.4) is 0 Å². The highest BCUT2D eigenvalue weighted by molar-refractivity contribution is 5.87. The van der Waals surface area contributed by atoms with Crippen molar-refractivity contribution < 1.29 is 14.6 Å². The summed E-state index contributed by atoms with van der Waals surface area (Å²) < 4.78 is 4.51. The highest BCUT2D eigenvalue weighted by Crippen LogP contribution is 2.10. The molecule has 0 amide bonds. The van der Waals surface area contributed by atoms with Gasteiger partial charge in [-0.1, -0.05) is 36.9 Å². The van der Waals surface area contributed by atoms with Crippen LogP contribution in [0.2, 0.25) is 0 Å². The van der Waals surface area contributed by atoms with Crippen LogP contribution in [0, 0.1) is 0 Å². The fourth-order valence-electron chi connectivity index (χ4n) is 1.47. The van der Waals surface area contributed by atoms with Gasteiger partial charge in [-0.2, -0.15) is 0 Å². The number of methoxy groups -OCH3 is 1. The highest BCUT2D eigenvalue weighted by Gasteiger charge is 2.13. The van der Waals surface area contributed by atoms with E-state index >= 15 is 0 Å². The molecule has 0 saturated heterocycles. The molecule has 0 fully saturated rings. The van der Waals surface area contributed by atoms with Crippen molar-refractivity contribution >= 4 is 5.97 Å². The number of aliphatic hydroxyl groups is 1. The van der Waals surface area contributed by atoms with Crippen LogP contribution in [0.15, 0.2) is 42.5 Å². The van der Waals surface area contributed by atoms with Gasteiger partial charge in [0.15, 0.2) is 0 Å². The third-order valence-corrected chi connectivity index (χ3v) is 2.27. The van der Waals surface area contributed by atoms with Crippen molar-refractivity contribution in [3.8, 4) is 0 Å². The van der Waals surface area contributed by atoms with Gasteiger partial charge < -0.3 is 9.84 Å². The first kappa shape index (κ1) is 12.5. The van der Waals surface area contributed by atoms with Crippen molar-refractivity contribution in [3.05, 3.63) is 48.0 Å². The van der Waals surface area contributed by atoms with E-state index in [1.807, 2.05) is 30.3 Å². The molecule has 0 heterocycles. The summed E-state index contributed by atoms with van der Waals surface area (Å²) in [5.74, 6) is -0.466. The Hall–Kier alpha value is -1.61. The number of carbonyl (C=O) groups is 1. The Bertz CT molecular complexity index is 357. The SMILES string of the molecule is C=C(CC(O)Cc1ccccc1)C(=O)OC. The molecule has 3 nitrogen and oxygen atoms in total. The summed E-state index contributed by atoms with van der Waals surface area (Å²) in [6.07, 6.45) is 0.146. The van der Waals surface area contributed by atoms with E-state index in [2.05, 4.69) is 11.3 Å². The summed E-state index contributed by atoms with van der Waals surface area (Å²) in [7, 11) is 1.30. The number of ether oxygens (including phenoxy) is 1. The highest BCUT2D eigenvalue weighted by atomic mass is 16.5. The number of rotatable bonds is 5. The Morgan fingerprint density at radius 1 is 1.44 bits per heavy atom. The standard InChI is InChI=1S/C13H16O3/c1-10(13(15)16-2)8-12(14)9-11-6-4-3-5-7-11/h3-7,12,14H,1,8-9H2,2H3. The molecule has 0 bridgehead atoms. The summed E-state index contributed by atoms with van der Waals surface area (Å²) in [5, 5.41) is 9.75. The maximum absolute atomic E-state index is 11.1. The second-order valence-corrected chi connectivity index (χ2v) is 3.64. The van der Waals surface area contributed by atoms with Crippen molar-refractivity contribution in [2.75, 3.05) is 7.11 Å². The molecule has 1 aromatic carbocycles. The van der Waals surface area contributed by atoms with Gasteiger partial charge in [0.2, 0.25) is 0 Å². The molecule has 0 aliphatic carbocycles. The van der Waals surface area contributed by atoms with Gasteiger partial charge in [0.25, 0.3) is 0 Å². The fraction of sp³-hybridized carbons (Fsp3) is 0.308. The van der Waals surface area contributed by atoms with E-state index in [0.717, 1.165) is 5.56 Å². The molecule has 0 saturated carbocycles. The van der Waals surface area contributed by atoms with Crippen molar-refractivity contribution in [1.29, 1.82) is 0 Å². The van der Waals surface area contributed by atoms with Crippen molar-refractivity contribution in [2.45, 2.75) is 18.9 Å². The Morgan fingerprint density at radius 3 is 2.62 bits per heavy atom. The molecule has 1 unspecified atom stereocenters. The quantitative estimate of drug-likeness (QED) is 0.607. The first-order chi connectivity index (χ1) is 7.63. The molecule has 1 atom stereocenters. The monoisotopic (exact) mass is 220 g/mol. The average Bonchev–Trinajstić information content (AvgIpc) is 2.29. The Balaban J connectivity index is 2.45. The van der Waals surface area contributed by atoms with Crippen LogP contribution >= 0.6 is 0 Å². The predicted octanol–water partition coefficient (Wildman–Crippen LogP) is 1.71. The topological polar surface area (TPSA) is 46.5 Å². The van der Waals surface area contributed by atoms with Crippen LogP contribution in [0.25, 0.3) is 0 Å². The lowest BCUT2D eigenvalue weighted by Crippen LogP contribution is -2.15. The third kappa shape index (κ3) is 3.87. The second-order valence-electron chi connectivity index (χ2n) is 3.64. The normalized spacial score (nSPS) is 11.9. The molecule has 16 heavy (non-hydrogen) atoms. The average molecular weight is 220 g/mol. The van der Waals surface area contributed by atoms with Crippen molar-refractivity contribution in [2.24, 2.45) is 0 Å². The maximum atomic E-state index is 11.1. The van der Waals surface area contributed by atoms with Crippen LogP contribution < -0.4 is 0 Å². The first-order valence-electron chi connectivity index (χ1n) is 5.11. The zero-order valence-electron chi connectivity index (χ0n) is 9.35. The molecule has 1 aromatic rings. The lowest BCUT2D eigenvalue weighted by Gasteiger charge is -2.11. The van der Waals surface area contributed by atoms with Gasteiger partial charge in [-0.15, -0.1) is 0 Å². The van der Waals surface area contributed by atoms with E-state index < -0.39 is 12.1 Å². The summed E-state index contributed by atoms with van der Waals surface area (Å²) in [6, 6.07) is 9.62. The van der Waals surface area contributed by atoms with E-state index in [0.29, 0.717) is 12.0 Å². The van der Waals surface area contributed by atoms with E-state index in [-0.39, 0.29) is 6.42 Å². The zero-order chi connectivity index (χ0) is 12.0. The molecule has 0 spiro atoms. The smallest absolute Gasteiger partial charge is 0.333 e. The van der Waals surface area contributed by atoms with Crippen molar-refractivity contribution in [3.63, 3.8) is 0 Å². The molecule has 0 radical (unpaired) electrons. The van der Waals surface area contributed by atoms with Crippen LogP contribution in [-0.2, 0) is 16.0 Å². The maximum Gasteiger partial charge on any atom is 0.333 e. The van der Waals surface area contributed by atoms with Crippen LogP contribution in [0.1, 0.15) is 12.0 Å². The zero-order valence-corrected chi connectivity index (χ0v) is 9.35. The molecular weight excluding hydrogens is 204 g/mol. The minimum atomic E-state index is -0.603. The summed E-state index contributed by atoms with van der Waals surface area (Å²) in [5.41, 5.74) is 1.33. The molecule has 1 N–H and O–H groups in total. The van der Waals surface area contributed by atoms with Crippen molar-refractivity contribution in [1.82, 2.24) is 0 Å². The number of benzene rings is 1. The van der Waals surface area contributed by atoms with E-state index in [1.54, 1.807) is 0 Å². The lowest BCUT2D eigenvalue weighted by molar-refractivity contribution is -0.136. The minimum Gasteiger partial charge on any atom is -0.466 e. The molecule has 1 rings (SSSR count). The summed E-state index contributed by atoms with van der Waals surface area (Å²) in [4.78, 5) is 11.1. The molecule has 3 heteroatoms. The van der Waals surface area contributed by atoms with Gasteiger partial charge >= 0.3 is 5.97 Å². The lowest BCUT2D eigenvalue weighted by atomic mass is 10.0. The Morgan fingerprint density at radius 2 is 2.06 bits per heavy atom. The fourth-order valence-corrected chi connectivity index (χ4v) is 1.47. The largest absolute Gasteiger partial charge is 0.466 e. The van der Waals surface area contributed by atoms with Gasteiger partial charge in [-0.25, -0.2) is 4.79 Å². The number of hydrogen-bond donors (Lipinski definition) is 1. The second kappa shape index (κ2) is 6.08. The van der Waals surface area contributed by atoms with Gasteiger partial charge in [0, 0.05) is 12.0 Å². The summed E-state index contributed by atoms with van der Waals surface area (Å²) in [6.45, 7) is 3.57. The number of carbonyl (C=O) groups excluding carboxylic acids is 1. The van der Waals surface area contributed by atoms with Gasteiger partial charge in [0.1, 0.15) is 0 Å². The van der Waals surface area contributed by atoms with Gasteiger partial charge in [-0.05, 0) is 12.0 Å². The molecular formula is C13H16O3. The number of hydrogen-bond acceptors (Lipinski definition) is 3. The molecule has 0 aliphatic heterocycles. The Kier molecular flexibility index (Phi) is 4.73. The molecule has 86 valence electrons. The van der Waals surface area contributed by atoms with E-state index in [9.17, 15) is 9.90 Å². The summed E-state index contributed by atoms with van der Waals surface area (Å²) >= 11 is 0. The Labute approximate surface area is 95.4 Å². The first-order valence-corrected chi connectivity index (χ1v) is 5.11. The van der Waals surface area contributed by atoms with Crippen LogP contribution in [0.4, 0.5) is 0 Å².